The molecule has 86 valence electrons. The van der Waals surface area contributed by atoms with Gasteiger partial charge in [0.15, 0.2) is 5.78 Å². The number of benzene rings is 1. The molecule has 3 heteroatoms. The van der Waals surface area contributed by atoms with Gasteiger partial charge in [0.25, 0.3) is 0 Å². The molecule has 0 aromatic heterocycles. The van der Waals surface area contributed by atoms with Crippen LogP contribution < -0.4 is 0 Å². The third-order valence-corrected chi connectivity index (χ3v) is 2.90. The summed E-state index contributed by atoms with van der Waals surface area (Å²) < 4.78 is 0. The van der Waals surface area contributed by atoms with Gasteiger partial charge < -0.3 is 4.79 Å². The molecule has 1 rings (SSSR count). The minimum Gasteiger partial charge on any atom is -0.300 e. The zero-order chi connectivity index (χ0) is 12.3. The quantitative estimate of drug-likeness (QED) is 0.753. The highest BCUT2D eigenvalue weighted by Crippen LogP contribution is 2.20. The summed E-state index contributed by atoms with van der Waals surface area (Å²) in [6, 6.07) is 5.23. The van der Waals surface area contributed by atoms with Crippen LogP contribution in [0.2, 0.25) is 5.02 Å². The van der Waals surface area contributed by atoms with Gasteiger partial charge in [-0.1, -0.05) is 30.7 Å². The molecular weight excluding hydrogens is 224 g/mol. The highest BCUT2D eigenvalue weighted by Gasteiger charge is 2.17. The van der Waals surface area contributed by atoms with Crippen LogP contribution in [-0.4, -0.2) is 11.6 Å². The molecule has 0 amide bonds. The van der Waals surface area contributed by atoms with Gasteiger partial charge in [0.2, 0.25) is 0 Å². The monoisotopic (exact) mass is 238 g/mol. The lowest BCUT2D eigenvalue weighted by molar-refractivity contribution is -0.117. The number of aryl methyl sites for hydroxylation is 1. The molecule has 0 bridgehead atoms. The van der Waals surface area contributed by atoms with Crippen molar-refractivity contribution in [3.63, 3.8) is 0 Å². The molecule has 0 spiro atoms. The van der Waals surface area contributed by atoms with Gasteiger partial charge in [0.05, 0.1) is 0 Å². The summed E-state index contributed by atoms with van der Waals surface area (Å²) in [5.41, 5.74) is 1.52. The minimum absolute atomic E-state index is 0.0269. The van der Waals surface area contributed by atoms with E-state index >= 15 is 0 Å². The van der Waals surface area contributed by atoms with E-state index in [0.29, 0.717) is 10.6 Å². The van der Waals surface area contributed by atoms with Crippen molar-refractivity contribution < 1.29 is 9.59 Å². The summed E-state index contributed by atoms with van der Waals surface area (Å²) in [5, 5.41) is 0.584. The highest BCUT2D eigenvalue weighted by atomic mass is 35.5. The lowest BCUT2D eigenvalue weighted by Gasteiger charge is -2.09. The van der Waals surface area contributed by atoms with Crippen LogP contribution in [0.15, 0.2) is 18.2 Å². The zero-order valence-electron chi connectivity index (χ0n) is 9.71. The Hall–Kier alpha value is -1.15. The maximum Gasteiger partial charge on any atom is 0.166 e. The molecule has 0 saturated heterocycles. The van der Waals surface area contributed by atoms with Crippen molar-refractivity contribution in [1.82, 2.24) is 0 Å². The molecule has 0 N–H and O–H groups in total. The average Bonchev–Trinajstić information content (AvgIpc) is 2.20. The van der Waals surface area contributed by atoms with Crippen molar-refractivity contribution in [2.24, 2.45) is 5.92 Å². The Morgan fingerprint density at radius 1 is 1.38 bits per heavy atom. The second kappa shape index (κ2) is 5.26. The van der Waals surface area contributed by atoms with Gasteiger partial charge in [-0.3, -0.25) is 4.79 Å². The number of carbonyl (C=O) groups excluding carboxylic acids is 2. The van der Waals surface area contributed by atoms with E-state index < -0.39 is 0 Å². The second-order valence-corrected chi connectivity index (χ2v) is 4.54. The normalized spacial score (nSPS) is 12.2. The van der Waals surface area contributed by atoms with Gasteiger partial charge in [-0.2, -0.15) is 0 Å². The Balaban J connectivity index is 2.88. The Morgan fingerprint density at radius 3 is 2.50 bits per heavy atom. The van der Waals surface area contributed by atoms with Crippen LogP contribution in [0.1, 0.15) is 36.2 Å². The maximum absolute atomic E-state index is 11.9. The summed E-state index contributed by atoms with van der Waals surface area (Å²) in [7, 11) is 0. The van der Waals surface area contributed by atoms with E-state index in [1.165, 1.54) is 6.92 Å². The van der Waals surface area contributed by atoms with Gasteiger partial charge in [-0.25, -0.2) is 0 Å². The first-order valence-electron chi connectivity index (χ1n) is 5.21. The SMILES string of the molecule is CC(=O)CC(C)C(=O)c1ccc(C)c(Cl)c1. The molecule has 1 atom stereocenters. The minimum atomic E-state index is -0.281. The van der Waals surface area contributed by atoms with Crippen LogP contribution in [0.25, 0.3) is 0 Å². The smallest absolute Gasteiger partial charge is 0.166 e. The lowest BCUT2D eigenvalue weighted by atomic mass is 9.94. The number of hydrogen-bond donors (Lipinski definition) is 0. The average molecular weight is 239 g/mol. The van der Waals surface area contributed by atoms with Crippen molar-refractivity contribution in [1.29, 1.82) is 0 Å². The van der Waals surface area contributed by atoms with Crippen molar-refractivity contribution in [3.05, 3.63) is 34.3 Å². The van der Waals surface area contributed by atoms with Crippen molar-refractivity contribution in [3.8, 4) is 0 Å². The van der Waals surface area contributed by atoms with E-state index in [1.807, 2.05) is 13.0 Å². The second-order valence-electron chi connectivity index (χ2n) is 4.14. The highest BCUT2D eigenvalue weighted by molar-refractivity contribution is 6.31. The summed E-state index contributed by atoms with van der Waals surface area (Å²) in [4.78, 5) is 22.9. The maximum atomic E-state index is 11.9. The molecule has 1 unspecified atom stereocenters. The van der Waals surface area contributed by atoms with Crippen molar-refractivity contribution in [2.75, 3.05) is 0 Å². The predicted molar refractivity (Wildman–Crippen MR) is 65.0 cm³/mol. The third-order valence-electron chi connectivity index (χ3n) is 2.50. The Bertz CT molecular complexity index is 424. The molecule has 0 radical (unpaired) electrons. The van der Waals surface area contributed by atoms with Gasteiger partial charge in [-0.05, 0) is 25.5 Å². The van der Waals surface area contributed by atoms with E-state index in [4.69, 9.17) is 11.6 Å². The molecule has 2 nitrogen and oxygen atoms in total. The van der Waals surface area contributed by atoms with Gasteiger partial charge in [-0.15, -0.1) is 0 Å². The molecule has 1 aromatic rings. The summed E-state index contributed by atoms with van der Waals surface area (Å²) in [6.07, 6.45) is 0.282. The van der Waals surface area contributed by atoms with E-state index in [2.05, 4.69) is 0 Å². The van der Waals surface area contributed by atoms with E-state index in [1.54, 1.807) is 19.1 Å². The first-order chi connectivity index (χ1) is 7.41. The Labute approximate surface area is 101 Å². The topological polar surface area (TPSA) is 34.1 Å². The summed E-state index contributed by atoms with van der Waals surface area (Å²) >= 11 is 5.95. The van der Waals surface area contributed by atoms with Crippen LogP contribution in [0.4, 0.5) is 0 Å². The molecule has 0 aliphatic heterocycles. The molecule has 16 heavy (non-hydrogen) atoms. The van der Waals surface area contributed by atoms with Crippen LogP contribution in [0, 0.1) is 12.8 Å². The summed E-state index contributed by atoms with van der Waals surface area (Å²) in [6.45, 7) is 5.14. The molecular formula is C13H15ClO2. The van der Waals surface area contributed by atoms with Crippen molar-refractivity contribution in [2.45, 2.75) is 27.2 Å². The van der Waals surface area contributed by atoms with Crippen LogP contribution >= 0.6 is 11.6 Å². The molecule has 0 aliphatic rings. The number of rotatable bonds is 4. The molecule has 0 aliphatic carbocycles. The number of hydrogen-bond acceptors (Lipinski definition) is 2. The number of halogens is 1. The fourth-order valence-corrected chi connectivity index (χ4v) is 1.74. The standard InChI is InChI=1S/C13H15ClO2/c1-8-4-5-11(7-12(8)14)13(16)9(2)6-10(3)15/h4-5,7,9H,6H2,1-3H3. The van der Waals surface area contributed by atoms with Crippen LogP contribution in [0.5, 0.6) is 0 Å². The third kappa shape index (κ3) is 3.17. The van der Waals surface area contributed by atoms with Gasteiger partial charge in [0, 0.05) is 22.9 Å². The number of Topliss-reactive ketones (excluding diaryl/α,β-unsaturated/α-hetero) is 2. The molecule has 1 aromatic carbocycles. The fourth-order valence-electron chi connectivity index (χ4n) is 1.55. The first kappa shape index (κ1) is 12.9. The Kier molecular flexibility index (Phi) is 4.25. The van der Waals surface area contributed by atoms with Gasteiger partial charge >= 0.3 is 0 Å². The van der Waals surface area contributed by atoms with E-state index in [0.717, 1.165) is 5.56 Å². The number of ketones is 2. The summed E-state index contributed by atoms with van der Waals surface area (Å²) in [5.74, 6) is -0.285. The van der Waals surface area contributed by atoms with Crippen molar-refractivity contribution >= 4 is 23.2 Å². The molecule has 0 saturated carbocycles. The Morgan fingerprint density at radius 2 is 2.00 bits per heavy atom. The van der Waals surface area contributed by atoms with E-state index in [-0.39, 0.29) is 23.9 Å². The molecule has 0 heterocycles. The lowest BCUT2D eigenvalue weighted by Crippen LogP contribution is -2.14. The fraction of sp³-hybridized carbons (Fsp3) is 0.385. The van der Waals surface area contributed by atoms with Gasteiger partial charge in [0.1, 0.15) is 5.78 Å². The molecule has 0 fully saturated rings. The van der Waals surface area contributed by atoms with Crippen LogP contribution in [-0.2, 0) is 4.79 Å². The first-order valence-corrected chi connectivity index (χ1v) is 5.59. The number of carbonyl (C=O) groups is 2. The zero-order valence-corrected chi connectivity index (χ0v) is 10.5. The van der Waals surface area contributed by atoms with Crippen LogP contribution in [0.3, 0.4) is 0 Å². The largest absolute Gasteiger partial charge is 0.300 e. The van der Waals surface area contributed by atoms with E-state index in [9.17, 15) is 9.59 Å². The predicted octanol–water partition coefficient (Wildman–Crippen LogP) is 3.45.